The van der Waals surface area contributed by atoms with E-state index >= 15 is 0 Å². The van der Waals surface area contributed by atoms with Crippen LogP contribution < -0.4 is 5.32 Å². The summed E-state index contributed by atoms with van der Waals surface area (Å²) in [6, 6.07) is 17.7. The van der Waals surface area contributed by atoms with Crippen molar-refractivity contribution in [2.24, 2.45) is 7.05 Å². The third-order valence-electron chi connectivity index (χ3n) is 4.25. The van der Waals surface area contributed by atoms with Crippen LogP contribution in [0, 0.1) is 0 Å². The highest BCUT2D eigenvalue weighted by atomic mass is 16.1. The van der Waals surface area contributed by atoms with E-state index in [9.17, 15) is 4.79 Å². The molecule has 0 atom stereocenters. The average molecular weight is 315 g/mol. The zero-order valence-electron chi connectivity index (χ0n) is 13.4. The second kappa shape index (κ2) is 5.81. The Morgan fingerprint density at radius 3 is 2.79 bits per heavy atom. The number of carbonyl (C=O) groups excluding carboxylic acids is 1. The zero-order chi connectivity index (χ0) is 16.5. The summed E-state index contributed by atoms with van der Waals surface area (Å²) in [6.07, 6.45) is 4.12. The molecule has 118 valence electrons. The SMILES string of the molecule is Cn1cc(CC(=O)Nc2cccc3ncccc23)c2ccccc21. The fraction of sp³-hybridized carbons (Fsp3) is 0.100. The molecule has 1 N–H and O–H groups in total. The molecule has 0 saturated heterocycles. The molecule has 0 bridgehead atoms. The first kappa shape index (κ1) is 14.5. The first-order valence-electron chi connectivity index (χ1n) is 7.89. The largest absolute Gasteiger partial charge is 0.350 e. The van der Waals surface area contributed by atoms with Crippen molar-refractivity contribution in [1.82, 2.24) is 9.55 Å². The minimum atomic E-state index is -0.0253. The van der Waals surface area contributed by atoms with Crippen LogP contribution in [0.1, 0.15) is 5.56 Å². The summed E-state index contributed by atoms with van der Waals surface area (Å²) in [5, 5.41) is 5.09. The fourth-order valence-electron chi connectivity index (χ4n) is 3.15. The van der Waals surface area contributed by atoms with Crippen LogP contribution in [0.2, 0.25) is 0 Å². The summed E-state index contributed by atoms with van der Waals surface area (Å²) in [4.78, 5) is 16.9. The highest BCUT2D eigenvalue weighted by molar-refractivity contribution is 6.02. The third kappa shape index (κ3) is 2.52. The highest BCUT2D eigenvalue weighted by Crippen LogP contribution is 2.23. The number of hydrogen-bond donors (Lipinski definition) is 1. The van der Waals surface area contributed by atoms with Crippen LogP contribution in [0.15, 0.2) is 67.0 Å². The van der Waals surface area contributed by atoms with Gasteiger partial charge in [-0.3, -0.25) is 9.78 Å². The Hall–Kier alpha value is -3.14. The Kier molecular flexibility index (Phi) is 3.50. The number of carbonyl (C=O) groups is 1. The normalized spacial score (nSPS) is 11.0. The predicted octanol–water partition coefficient (Wildman–Crippen LogP) is 3.91. The number of benzene rings is 2. The minimum absolute atomic E-state index is 0.0253. The van der Waals surface area contributed by atoms with Crippen LogP contribution in [0.5, 0.6) is 0 Å². The van der Waals surface area contributed by atoms with Gasteiger partial charge in [-0.25, -0.2) is 0 Å². The zero-order valence-corrected chi connectivity index (χ0v) is 13.4. The Balaban J connectivity index is 1.62. The van der Waals surface area contributed by atoms with Gasteiger partial charge in [-0.1, -0.05) is 24.3 Å². The van der Waals surface area contributed by atoms with E-state index in [0.717, 1.165) is 33.1 Å². The van der Waals surface area contributed by atoms with Crippen molar-refractivity contribution in [1.29, 1.82) is 0 Å². The topological polar surface area (TPSA) is 46.9 Å². The van der Waals surface area contributed by atoms with Gasteiger partial charge >= 0.3 is 0 Å². The number of para-hydroxylation sites is 1. The number of anilines is 1. The number of amides is 1. The van der Waals surface area contributed by atoms with Crippen LogP contribution >= 0.6 is 0 Å². The van der Waals surface area contributed by atoms with Gasteiger partial charge in [-0.05, 0) is 35.9 Å². The number of fused-ring (bicyclic) bond motifs is 2. The lowest BCUT2D eigenvalue weighted by Gasteiger charge is -2.08. The maximum Gasteiger partial charge on any atom is 0.228 e. The van der Waals surface area contributed by atoms with E-state index in [4.69, 9.17) is 0 Å². The van der Waals surface area contributed by atoms with Gasteiger partial charge in [0.05, 0.1) is 17.6 Å². The van der Waals surface area contributed by atoms with E-state index < -0.39 is 0 Å². The standard InChI is InChI=1S/C20H17N3O/c1-23-13-14(15-6-2-3-10-19(15)23)12-20(24)22-18-9-4-8-17-16(18)7-5-11-21-17/h2-11,13H,12H2,1H3,(H,22,24). The molecule has 0 radical (unpaired) electrons. The van der Waals surface area contributed by atoms with E-state index in [-0.39, 0.29) is 5.91 Å². The molecule has 4 rings (SSSR count). The molecular formula is C20H17N3O. The molecular weight excluding hydrogens is 298 g/mol. The summed E-state index contributed by atoms with van der Waals surface area (Å²) in [6.45, 7) is 0. The third-order valence-corrected chi connectivity index (χ3v) is 4.25. The number of rotatable bonds is 3. The van der Waals surface area contributed by atoms with Crippen molar-refractivity contribution in [3.8, 4) is 0 Å². The van der Waals surface area contributed by atoms with Gasteiger partial charge in [-0.2, -0.15) is 0 Å². The number of aromatic nitrogens is 2. The Morgan fingerprint density at radius 1 is 1.04 bits per heavy atom. The van der Waals surface area contributed by atoms with Crippen LogP contribution in [-0.2, 0) is 18.3 Å². The van der Waals surface area contributed by atoms with Crippen molar-refractivity contribution < 1.29 is 4.79 Å². The van der Waals surface area contributed by atoms with Crippen molar-refractivity contribution in [3.05, 3.63) is 72.6 Å². The molecule has 24 heavy (non-hydrogen) atoms. The second-order valence-corrected chi connectivity index (χ2v) is 5.88. The number of aryl methyl sites for hydroxylation is 1. The summed E-state index contributed by atoms with van der Waals surface area (Å²) in [5.74, 6) is -0.0253. The number of nitrogens with one attached hydrogen (secondary N) is 1. The van der Waals surface area contributed by atoms with Gasteiger partial charge in [0, 0.05) is 35.7 Å². The Bertz CT molecular complexity index is 1040. The number of pyridine rings is 1. The average Bonchev–Trinajstić information content (AvgIpc) is 2.91. The first-order valence-corrected chi connectivity index (χ1v) is 7.89. The smallest absolute Gasteiger partial charge is 0.228 e. The van der Waals surface area contributed by atoms with Gasteiger partial charge in [-0.15, -0.1) is 0 Å². The van der Waals surface area contributed by atoms with E-state index in [1.54, 1.807) is 6.20 Å². The molecule has 0 spiro atoms. The molecule has 4 aromatic rings. The number of nitrogens with zero attached hydrogens (tertiary/aromatic N) is 2. The molecule has 0 aliphatic heterocycles. The quantitative estimate of drug-likeness (QED) is 0.623. The first-order chi connectivity index (χ1) is 11.7. The van der Waals surface area contributed by atoms with Gasteiger partial charge in [0.25, 0.3) is 0 Å². The van der Waals surface area contributed by atoms with Crippen molar-refractivity contribution in [2.45, 2.75) is 6.42 Å². The van der Waals surface area contributed by atoms with E-state index in [0.29, 0.717) is 6.42 Å². The van der Waals surface area contributed by atoms with E-state index in [1.807, 2.05) is 55.7 Å². The molecule has 0 unspecified atom stereocenters. The molecule has 0 aliphatic carbocycles. The molecule has 2 aromatic carbocycles. The maximum absolute atomic E-state index is 12.5. The molecule has 0 saturated carbocycles. The summed E-state index contributed by atoms with van der Waals surface area (Å²) < 4.78 is 2.06. The van der Waals surface area contributed by atoms with E-state index in [1.165, 1.54) is 0 Å². The van der Waals surface area contributed by atoms with Crippen molar-refractivity contribution >= 4 is 33.4 Å². The summed E-state index contributed by atoms with van der Waals surface area (Å²) in [5.41, 5.74) is 3.84. The molecule has 2 heterocycles. The molecule has 0 aliphatic rings. The lowest BCUT2D eigenvalue weighted by Crippen LogP contribution is -2.14. The van der Waals surface area contributed by atoms with Gasteiger partial charge in [0.1, 0.15) is 0 Å². The highest BCUT2D eigenvalue weighted by Gasteiger charge is 2.11. The number of hydrogen-bond acceptors (Lipinski definition) is 2. The van der Waals surface area contributed by atoms with Gasteiger partial charge in [0.2, 0.25) is 5.91 Å². The van der Waals surface area contributed by atoms with Crippen LogP contribution in [0.25, 0.3) is 21.8 Å². The minimum Gasteiger partial charge on any atom is -0.350 e. The molecule has 4 nitrogen and oxygen atoms in total. The van der Waals surface area contributed by atoms with Crippen LogP contribution in [-0.4, -0.2) is 15.5 Å². The monoisotopic (exact) mass is 315 g/mol. The van der Waals surface area contributed by atoms with Crippen molar-refractivity contribution in [2.75, 3.05) is 5.32 Å². The summed E-state index contributed by atoms with van der Waals surface area (Å²) >= 11 is 0. The van der Waals surface area contributed by atoms with Crippen molar-refractivity contribution in [3.63, 3.8) is 0 Å². The van der Waals surface area contributed by atoms with Gasteiger partial charge in [0.15, 0.2) is 0 Å². The van der Waals surface area contributed by atoms with Crippen LogP contribution in [0.4, 0.5) is 5.69 Å². The maximum atomic E-state index is 12.5. The van der Waals surface area contributed by atoms with E-state index in [2.05, 4.69) is 27.0 Å². The fourth-order valence-corrected chi connectivity index (χ4v) is 3.15. The second-order valence-electron chi connectivity index (χ2n) is 5.88. The Morgan fingerprint density at radius 2 is 1.88 bits per heavy atom. The molecule has 1 amide bonds. The molecule has 2 aromatic heterocycles. The lowest BCUT2D eigenvalue weighted by atomic mass is 10.1. The Labute approximate surface area is 139 Å². The van der Waals surface area contributed by atoms with Crippen LogP contribution in [0.3, 0.4) is 0 Å². The molecule has 4 heteroatoms. The lowest BCUT2D eigenvalue weighted by molar-refractivity contribution is -0.115. The van der Waals surface area contributed by atoms with Gasteiger partial charge < -0.3 is 9.88 Å². The summed E-state index contributed by atoms with van der Waals surface area (Å²) in [7, 11) is 2.00. The molecule has 0 fully saturated rings. The predicted molar refractivity (Wildman–Crippen MR) is 97.0 cm³/mol.